The molecule has 1 atom stereocenters. The third kappa shape index (κ3) is 6.30. The molecule has 4 aromatic rings. The third-order valence-electron chi connectivity index (χ3n) is 6.04. The Balaban J connectivity index is 1.71. The summed E-state index contributed by atoms with van der Waals surface area (Å²) in [5.41, 5.74) is 3.48. The Labute approximate surface area is 233 Å². The van der Waals surface area contributed by atoms with Crippen molar-refractivity contribution in [1.82, 2.24) is 9.66 Å². The Kier molecular flexibility index (Phi) is 8.82. The molecular formula is C29H29Br2N3O3. The fraction of sp³-hybridized carbons (Fsp3) is 0.276. The van der Waals surface area contributed by atoms with E-state index in [1.54, 1.807) is 12.3 Å². The molecule has 0 aliphatic carbocycles. The summed E-state index contributed by atoms with van der Waals surface area (Å²) in [6.07, 6.45) is 2.48. The maximum absolute atomic E-state index is 13.4. The minimum absolute atomic E-state index is 0.0566. The molecule has 6 nitrogen and oxygen atoms in total. The lowest BCUT2D eigenvalue weighted by Gasteiger charge is -2.15. The molecule has 0 bridgehead atoms. The van der Waals surface area contributed by atoms with Crippen molar-refractivity contribution in [3.63, 3.8) is 0 Å². The third-order valence-corrected chi connectivity index (χ3v) is 7.13. The van der Waals surface area contributed by atoms with Crippen LogP contribution in [-0.4, -0.2) is 22.5 Å². The van der Waals surface area contributed by atoms with Crippen LogP contribution in [-0.2, 0) is 6.61 Å². The molecule has 0 spiro atoms. The molecule has 8 heteroatoms. The summed E-state index contributed by atoms with van der Waals surface area (Å²) in [6.45, 7) is 8.99. The summed E-state index contributed by atoms with van der Waals surface area (Å²) in [5, 5.41) is 5.09. The van der Waals surface area contributed by atoms with Gasteiger partial charge in [0.25, 0.3) is 5.56 Å². The molecular weight excluding hydrogens is 598 g/mol. The second-order valence-corrected chi connectivity index (χ2v) is 10.6. The van der Waals surface area contributed by atoms with Gasteiger partial charge in [-0.15, -0.1) is 0 Å². The minimum atomic E-state index is -0.208. The molecule has 0 amide bonds. The topological polar surface area (TPSA) is 65.7 Å². The minimum Gasteiger partial charge on any atom is -0.490 e. The van der Waals surface area contributed by atoms with Crippen LogP contribution in [0.4, 0.5) is 0 Å². The second-order valence-electron chi connectivity index (χ2n) is 8.84. The second kappa shape index (κ2) is 12.0. The quantitative estimate of drug-likeness (QED) is 0.179. The Morgan fingerprint density at radius 2 is 1.81 bits per heavy atom. The zero-order chi connectivity index (χ0) is 26.5. The molecule has 1 aromatic heterocycles. The Bertz CT molecular complexity index is 1500. The number of nitrogens with zero attached hydrogens (tertiary/aromatic N) is 3. The average Bonchev–Trinajstić information content (AvgIpc) is 2.88. The molecule has 0 aliphatic rings. The Morgan fingerprint density at radius 1 is 1.05 bits per heavy atom. The lowest BCUT2D eigenvalue weighted by atomic mass is 10.1. The summed E-state index contributed by atoms with van der Waals surface area (Å²) in [7, 11) is 0. The predicted molar refractivity (Wildman–Crippen MR) is 156 cm³/mol. The van der Waals surface area contributed by atoms with E-state index < -0.39 is 0 Å². The summed E-state index contributed by atoms with van der Waals surface area (Å²) in [6, 6.07) is 17.5. The molecule has 192 valence electrons. The summed E-state index contributed by atoms with van der Waals surface area (Å²) in [5.74, 6) is 1.90. The van der Waals surface area contributed by atoms with Gasteiger partial charge >= 0.3 is 0 Å². The molecule has 0 aliphatic heterocycles. The highest BCUT2D eigenvalue weighted by molar-refractivity contribution is 9.10. The largest absolute Gasteiger partial charge is 0.490 e. The monoisotopic (exact) mass is 625 g/mol. The van der Waals surface area contributed by atoms with Gasteiger partial charge in [-0.1, -0.05) is 59.6 Å². The normalized spacial score (nSPS) is 12.3. The van der Waals surface area contributed by atoms with E-state index >= 15 is 0 Å². The average molecular weight is 627 g/mol. The van der Waals surface area contributed by atoms with Gasteiger partial charge in [-0.05, 0) is 77.7 Å². The predicted octanol–water partition coefficient (Wildman–Crippen LogP) is 7.60. The van der Waals surface area contributed by atoms with Crippen LogP contribution in [0.15, 0.2) is 73.4 Å². The van der Waals surface area contributed by atoms with Crippen LogP contribution in [0.5, 0.6) is 11.5 Å². The van der Waals surface area contributed by atoms with Crippen LogP contribution in [0.2, 0.25) is 0 Å². The van der Waals surface area contributed by atoms with Crippen molar-refractivity contribution in [3.05, 3.63) is 96.4 Å². The molecule has 0 N–H and O–H groups in total. The van der Waals surface area contributed by atoms with Gasteiger partial charge < -0.3 is 9.47 Å². The van der Waals surface area contributed by atoms with Crippen LogP contribution in [0.3, 0.4) is 0 Å². The first-order valence-electron chi connectivity index (χ1n) is 12.2. The van der Waals surface area contributed by atoms with E-state index in [0.29, 0.717) is 41.4 Å². The van der Waals surface area contributed by atoms with E-state index in [0.717, 1.165) is 26.5 Å². The molecule has 0 saturated carbocycles. The van der Waals surface area contributed by atoms with Crippen molar-refractivity contribution in [1.29, 1.82) is 0 Å². The maximum atomic E-state index is 13.4. The number of aromatic nitrogens is 2. The van der Waals surface area contributed by atoms with Crippen LogP contribution in [0.1, 0.15) is 55.6 Å². The number of fused-ring (bicyclic) bond motifs is 1. The first kappa shape index (κ1) is 27.1. The zero-order valence-electron chi connectivity index (χ0n) is 21.3. The fourth-order valence-electron chi connectivity index (χ4n) is 3.81. The SMILES string of the molecule is CCOc1cc(C=Nn2c([C@@H](C)CC)nc3ccc(Br)cc3c2=O)cc(Br)c1OCc1ccc(C)cc1. The molecule has 37 heavy (non-hydrogen) atoms. The molecule has 0 fully saturated rings. The molecule has 3 aromatic carbocycles. The van der Waals surface area contributed by atoms with E-state index in [2.05, 4.69) is 62.9 Å². The van der Waals surface area contributed by atoms with Gasteiger partial charge in [-0.25, -0.2) is 4.98 Å². The summed E-state index contributed by atoms with van der Waals surface area (Å²) >= 11 is 7.08. The van der Waals surface area contributed by atoms with Gasteiger partial charge in [0.05, 0.1) is 28.2 Å². The first-order chi connectivity index (χ1) is 17.8. The highest BCUT2D eigenvalue weighted by Crippen LogP contribution is 2.37. The van der Waals surface area contributed by atoms with E-state index in [4.69, 9.17) is 14.5 Å². The van der Waals surface area contributed by atoms with Crippen LogP contribution in [0.25, 0.3) is 10.9 Å². The summed E-state index contributed by atoms with van der Waals surface area (Å²) < 4.78 is 15.0. The van der Waals surface area contributed by atoms with Crippen molar-refractivity contribution in [2.24, 2.45) is 5.10 Å². The molecule has 4 rings (SSSR count). The first-order valence-corrected chi connectivity index (χ1v) is 13.8. The Hall–Kier alpha value is -2.97. The maximum Gasteiger partial charge on any atom is 0.282 e. The van der Waals surface area contributed by atoms with Crippen LogP contribution >= 0.6 is 31.9 Å². The van der Waals surface area contributed by atoms with Crippen molar-refractivity contribution in [3.8, 4) is 11.5 Å². The van der Waals surface area contributed by atoms with Crippen molar-refractivity contribution in [2.45, 2.75) is 46.6 Å². The van der Waals surface area contributed by atoms with E-state index in [9.17, 15) is 4.79 Å². The number of halogens is 2. The van der Waals surface area contributed by atoms with Crippen molar-refractivity contribution >= 4 is 49.0 Å². The van der Waals surface area contributed by atoms with E-state index in [-0.39, 0.29) is 11.5 Å². The molecule has 0 saturated heterocycles. The highest BCUT2D eigenvalue weighted by atomic mass is 79.9. The Morgan fingerprint density at radius 3 is 2.51 bits per heavy atom. The number of aryl methyl sites for hydroxylation is 1. The highest BCUT2D eigenvalue weighted by Gasteiger charge is 2.16. The summed E-state index contributed by atoms with van der Waals surface area (Å²) in [4.78, 5) is 18.2. The van der Waals surface area contributed by atoms with Crippen molar-refractivity contribution in [2.75, 3.05) is 6.61 Å². The lowest BCUT2D eigenvalue weighted by molar-refractivity contribution is 0.267. The van der Waals surface area contributed by atoms with Gasteiger partial charge in [0.1, 0.15) is 12.4 Å². The number of rotatable bonds is 9. The van der Waals surface area contributed by atoms with Gasteiger partial charge in [0.15, 0.2) is 11.5 Å². The van der Waals surface area contributed by atoms with E-state index in [1.165, 1.54) is 10.2 Å². The van der Waals surface area contributed by atoms with Gasteiger partial charge in [-0.2, -0.15) is 9.78 Å². The molecule has 1 heterocycles. The van der Waals surface area contributed by atoms with Gasteiger partial charge in [0.2, 0.25) is 0 Å². The van der Waals surface area contributed by atoms with Gasteiger partial charge in [0, 0.05) is 10.4 Å². The van der Waals surface area contributed by atoms with E-state index in [1.807, 2.05) is 50.2 Å². The number of benzene rings is 3. The number of ether oxygens (including phenoxy) is 2. The standard InChI is InChI=1S/C29H29Br2N3O3/c1-5-19(4)28-33-25-12-11-22(30)15-23(25)29(35)34(28)32-16-21-13-24(31)27(26(14-21)36-6-2)37-17-20-9-7-18(3)8-10-20/h7-16,19H,5-6,17H2,1-4H3/t19-/m0/s1. The van der Waals surface area contributed by atoms with Gasteiger partial charge in [-0.3, -0.25) is 4.79 Å². The van der Waals surface area contributed by atoms with Crippen LogP contribution < -0.4 is 15.0 Å². The number of hydrogen-bond acceptors (Lipinski definition) is 5. The lowest BCUT2D eigenvalue weighted by Crippen LogP contribution is -2.23. The molecule has 0 unspecified atom stereocenters. The number of hydrogen-bond donors (Lipinski definition) is 0. The smallest absolute Gasteiger partial charge is 0.282 e. The van der Waals surface area contributed by atoms with Crippen LogP contribution in [0, 0.1) is 6.92 Å². The fourth-order valence-corrected chi connectivity index (χ4v) is 4.74. The molecule has 0 radical (unpaired) electrons. The van der Waals surface area contributed by atoms with Crippen molar-refractivity contribution < 1.29 is 9.47 Å². The zero-order valence-corrected chi connectivity index (χ0v) is 24.5.